The van der Waals surface area contributed by atoms with Crippen molar-refractivity contribution in [1.29, 1.82) is 5.41 Å². The van der Waals surface area contributed by atoms with E-state index in [0.717, 1.165) is 12.8 Å². The molecule has 6 nitrogen and oxygen atoms in total. The molecule has 2 atom stereocenters. The molecule has 2 aliphatic rings. The molecule has 0 amide bonds. The standard InChI is InChI=1S/C10H19N5O/c11-9(12)14-10(13)15-5-6-16-8-4-2-1-3-7(8)15/h7-8H,1-6H2,(H5,11,12,13,14). The maximum atomic E-state index is 7.86. The van der Waals surface area contributed by atoms with Crippen molar-refractivity contribution in [3.05, 3.63) is 0 Å². The van der Waals surface area contributed by atoms with Gasteiger partial charge in [0.2, 0.25) is 5.96 Å². The molecule has 0 spiro atoms. The van der Waals surface area contributed by atoms with Gasteiger partial charge in [0.25, 0.3) is 0 Å². The molecule has 1 heterocycles. The Balaban J connectivity index is 2.07. The molecule has 1 saturated heterocycles. The van der Waals surface area contributed by atoms with E-state index in [1.165, 1.54) is 12.8 Å². The molecule has 2 unspecified atom stereocenters. The van der Waals surface area contributed by atoms with Crippen molar-refractivity contribution in [2.24, 2.45) is 16.5 Å². The first-order valence-electron chi connectivity index (χ1n) is 5.75. The summed E-state index contributed by atoms with van der Waals surface area (Å²) in [6, 6.07) is 0.276. The lowest BCUT2D eigenvalue weighted by atomic mass is 9.90. The van der Waals surface area contributed by atoms with E-state index in [1.807, 2.05) is 4.90 Å². The Kier molecular flexibility index (Phi) is 3.28. The van der Waals surface area contributed by atoms with E-state index >= 15 is 0 Å². The molecule has 0 radical (unpaired) electrons. The van der Waals surface area contributed by atoms with E-state index in [2.05, 4.69) is 4.99 Å². The molecule has 1 aliphatic heterocycles. The van der Waals surface area contributed by atoms with Gasteiger partial charge in [-0.15, -0.1) is 0 Å². The fourth-order valence-corrected chi connectivity index (χ4v) is 2.55. The number of morpholine rings is 1. The second-order valence-corrected chi connectivity index (χ2v) is 4.31. The van der Waals surface area contributed by atoms with Crippen molar-refractivity contribution in [2.45, 2.75) is 37.8 Å². The molecule has 0 bridgehead atoms. The van der Waals surface area contributed by atoms with E-state index in [1.54, 1.807) is 0 Å². The first-order chi connectivity index (χ1) is 7.68. The van der Waals surface area contributed by atoms with E-state index in [4.69, 9.17) is 21.6 Å². The van der Waals surface area contributed by atoms with Crippen LogP contribution in [0.15, 0.2) is 4.99 Å². The Labute approximate surface area is 95.1 Å². The number of guanidine groups is 2. The molecule has 90 valence electrons. The van der Waals surface area contributed by atoms with Crippen LogP contribution >= 0.6 is 0 Å². The fraction of sp³-hybridized carbons (Fsp3) is 0.800. The largest absolute Gasteiger partial charge is 0.374 e. The average molecular weight is 225 g/mol. The first-order valence-corrected chi connectivity index (χ1v) is 5.75. The minimum Gasteiger partial charge on any atom is -0.374 e. The van der Waals surface area contributed by atoms with Gasteiger partial charge in [-0.1, -0.05) is 12.8 Å². The van der Waals surface area contributed by atoms with Gasteiger partial charge < -0.3 is 21.1 Å². The number of nitrogens with zero attached hydrogens (tertiary/aromatic N) is 2. The van der Waals surface area contributed by atoms with Gasteiger partial charge in [0.1, 0.15) is 0 Å². The van der Waals surface area contributed by atoms with Gasteiger partial charge in [-0.3, -0.25) is 5.41 Å². The van der Waals surface area contributed by atoms with Crippen LogP contribution in [-0.2, 0) is 4.74 Å². The van der Waals surface area contributed by atoms with Gasteiger partial charge in [0.15, 0.2) is 5.96 Å². The zero-order valence-corrected chi connectivity index (χ0v) is 9.35. The Hall–Kier alpha value is -1.30. The number of aliphatic imine (C=N–C) groups is 1. The van der Waals surface area contributed by atoms with Crippen molar-refractivity contribution < 1.29 is 4.74 Å². The number of nitrogens with two attached hydrogens (primary N) is 2. The summed E-state index contributed by atoms with van der Waals surface area (Å²) in [5, 5.41) is 7.86. The SMILES string of the molecule is N=C(N=C(N)N)N1CCOC2CCCCC21. The number of nitrogens with one attached hydrogen (secondary N) is 1. The van der Waals surface area contributed by atoms with Crippen molar-refractivity contribution >= 4 is 11.9 Å². The van der Waals surface area contributed by atoms with Crippen LogP contribution in [-0.4, -0.2) is 42.1 Å². The maximum Gasteiger partial charge on any atom is 0.221 e. The molecule has 1 saturated carbocycles. The molecule has 16 heavy (non-hydrogen) atoms. The Morgan fingerprint density at radius 2 is 2.06 bits per heavy atom. The topological polar surface area (TPSA) is 101 Å². The summed E-state index contributed by atoms with van der Waals surface area (Å²) in [4.78, 5) is 5.78. The fourth-order valence-electron chi connectivity index (χ4n) is 2.55. The lowest BCUT2D eigenvalue weighted by Crippen LogP contribution is -2.54. The molecular weight excluding hydrogens is 206 g/mol. The summed E-state index contributed by atoms with van der Waals surface area (Å²) in [6.45, 7) is 1.36. The third-order valence-corrected chi connectivity index (χ3v) is 3.24. The van der Waals surface area contributed by atoms with Crippen molar-refractivity contribution in [3.63, 3.8) is 0 Å². The summed E-state index contributed by atoms with van der Waals surface area (Å²) >= 11 is 0. The molecule has 2 fully saturated rings. The van der Waals surface area contributed by atoms with Crippen LogP contribution in [0.1, 0.15) is 25.7 Å². The van der Waals surface area contributed by atoms with Crippen LogP contribution in [0, 0.1) is 5.41 Å². The highest BCUT2D eigenvalue weighted by Gasteiger charge is 2.35. The highest BCUT2D eigenvalue weighted by molar-refractivity contribution is 5.91. The van der Waals surface area contributed by atoms with Gasteiger partial charge in [-0.25, -0.2) is 0 Å². The van der Waals surface area contributed by atoms with Gasteiger partial charge in [-0.2, -0.15) is 4.99 Å². The minimum atomic E-state index is -0.0520. The summed E-state index contributed by atoms with van der Waals surface area (Å²) in [5.74, 6) is 0.115. The Bertz CT molecular complexity index is 298. The third-order valence-electron chi connectivity index (χ3n) is 3.24. The van der Waals surface area contributed by atoms with Gasteiger partial charge in [-0.05, 0) is 12.8 Å². The number of ether oxygens (including phenoxy) is 1. The van der Waals surface area contributed by atoms with E-state index < -0.39 is 0 Å². The lowest BCUT2D eigenvalue weighted by molar-refractivity contribution is -0.0642. The zero-order chi connectivity index (χ0) is 11.5. The van der Waals surface area contributed by atoms with Crippen LogP contribution in [0.4, 0.5) is 0 Å². The van der Waals surface area contributed by atoms with E-state index in [9.17, 15) is 0 Å². The van der Waals surface area contributed by atoms with Crippen LogP contribution in [0.3, 0.4) is 0 Å². The first kappa shape index (κ1) is 11.2. The van der Waals surface area contributed by atoms with Crippen LogP contribution in [0.25, 0.3) is 0 Å². The van der Waals surface area contributed by atoms with Crippen LogP contribution in [0.5, 0.6) is 0 Å². The quantitative estimate of drug-likeness (QED) is 0.394. The number of rotatable bonds is 0. The van der Waals surface area contributed by atoms with Crippen molar-refractivity contribution in [3.8, 4) is 0 Å². The number of hydrogen-bond acceptors (Lipinski definition) is 2. The molecule has 6 heteroatoms. The highest BCUT2D eigenvalue weighted by atomic mass is 16.5. The molecule has 2 rings (SSSR count). The third kappa shape index (κ3) is 2.27. The van der Waals surface area contributed by atoms with Gasteiger partial charge in [0.05, 0.1) is 18.8 Å². The van der Waals surface area contributed by atoms with Crippen LogP contribution in [0.2, 0.25) is 0 Å². The normalized spacial score (nSPS) is 29.4. The maximum absolute atomic E-state index is 7.86. The molecule has 5 N–H and O–H groups in total. The Morgan fingerprint density at radius 3 is 2.81 bits per heavy atom. The smallest absolute Gasteiger partial charge is 0.221 e. The lowest BCUT2D eigenvalue weighted by Gasteiger charge is -2.43. The predicted molar refractivity (Wildman–Crippen MR) is 62.2 cm³/mol. The second-order valence-electron chi connectivity index (χ2n) is 4.31. The predicted octanol–water partition coefficient (Wildman–Crippen LogP) is -0.162. The van der Waals surface area contributed by atoms with Gasteiger partial charge in [0, 0.05) is 6.54 Å². The monoisotopic (exact) mass is 225 g/mol. The average Bonchev–Trinajstić information content (AvgIpc) is 2.27. The summed E-state index contributed by atoms with van der Waals surface area (Å²) in [5.41, 5.74) is 10.6. The number of fused-ring (bicyclic) bond motifs is 1. The van der Waals surface area contributed by atoms with E-state index in [-0.39, 0.29) is 24.1 Å². The molecular formula is C10H19N5O. The molecule has 0 aromatic carbocycles. The minimum absolute atomic E-state index is 0.0520. The summed E-state index contributed by atoms with van der Waals surface area (Å²) in [7, 11) is 0. The highest BCUT2D eigenvalue weighted by Crippen LogP contribution is 2.28. The summed E-state index contributed by atoms with van der Waals surface area (Å²) in [6.07, 6.45) is 4.79. The summed E-state index contributed by atoms with van der Waals surface area (Å²) < 4.78 is 5.72. The molecule has 0 aromatic heterocycles. The van der Waals surface area contributed by atoms with E-state index in [0.29, 0.717) is 13.2 Å². The Morgan fingerprint density at radius 1 is 1.31 bits per heavy atom. The van der Waals surface area contributed by atoms with Crippen molar-refractivity contribution in [2.75, 3.05) is 13.2 Å². The zero-order valence-electron chi connectivity index (χ0n) is 9.35. The number of hydrogen-bond donors (Lipinski definition) is 3. The molecule has 0 aromatic rings. The van der Waals surface area contributed by atoms with Crippen LogP contribution < -0.4 is 11.5 Å². The van der Waals surface area contributed by atoms with Gasteiger partial charge >= 0.3 is 0 Å². The molecule has 1 aliphatic carbocycles. The second kappa shape index (κ2) is 4.69. The van der Waals surface area contributed by atoms with Crippen molar-refractivity contribution in [1.82, 2.24) is 4.90 Å².